The monoisotopic (exact) mass is 456 g/mol. The Bertz CT molecular complexity index is 996. The highest BCUT2D eigenvalue weighted by Gasteiger charge is 2.35. The molecule has 176 valence electrons. The predicted molar refractivity (Wildman–Crippen MR) is 123 cm³/mol. The molecule has 1 N–H and O–H groups in total. The topological polar surface area (TPSA) is 83.5 Å². The fourth-order valence-corrected chi connectivity index (χ4v) is 3.64. The summed E-state index contributed by atoms with van der Waals surface area (Å²) in [5.74, 6) is -0.0839. The molecule has 1 aliphatic rings. The molecular formula is C24H29FN4O4. The summed E-state index contributed by atoms with van der Waals surface area (Å²) in [5, 5.41) is 8.56. The first-order chi connectivity index (χ1) is 16.0. The lowest BCUT2D eigenvalue weighted by molar-refractivity contribution is -0.133. The molecule has 0 aromatic heterocycles. The van der Waals surface area contributed by atoms with Crippen LogP contribution in [0.25, 0.3) is 0 Å². The zero-order valence-electron chi connectivity index (χ0n) is 19.1. The molecule has 1 unspecified atom stereocenters. The molecule has 0 spiro atoms. The number of ether oxygens (including phenoxy) is 2. The number of nitrogens with one attached hydrogen (secondary N) is 1. The number of urea groups is 1. The highest BCUT2D eigenvalue weighted by atomic mass is 19.1. The molecule has 1 aliphatic heterocycles. The van der Waals surface area contributed by atoms with Gasteiger partial charge in [-0.05, 0) is 30.7 Å². The van der Waals surface area contributed by atoms with E-state index in [0.29, 0.717) is 30.0 Å². The van der Waals surface area contributed by atoms with Gasteiger partial charge in [-0.25, -0.2) is 14.2 Å². The summed E-state index contributed by atoms with van der Waals surface area (Å²) in [4.78, 5) is 27.2. The van der Waals surface area contributed by atoms with Gasteiger partial charge in [-0.3, -0.25) is 4.79 Å². The van der Waals surface area contributed by atoms with Gasteiger partial charge in [-0.1, -0.05) is 30.3 Å². The van der Waals surface area contributed by atoms with Crippen LogP contribution in [0.4, 0.5) is 9.18 Å². The fraction of sp³-hybridized carbons (Fsp3) is 0.375. The summed E-state index contributed by atoms with van der Waals surface area (Å²) in [6.45, 7) is 2.59. The smallest absolute Gasteiger partial charge is 0.317 e. The van der Waals surface area contributed by atoms with E-state index in [1.54, 1.807) is 44.4 Å². The van der Waals surface area contributed by atoms with Gasteiger partial charge in [-0.2, -0.15) is 5.10 Å². The van der Waals surface area contributed by atoms with Gasteiger partial charge in [0, 0.05) is 32.2 Å². The van der Waals surface area contributed by atoms with E-state index in [4.69, 9.17) is 9.47 Å². The summed E-state index contributed by atoms with van der Waals surface area (Å²) in [5.41, 5.74) is 1.66. The number of amides is 3. The van der Waals surface area contributed by atoms with Crippen molar-refractivity contribution >= 4 is 17.6 Å². The van der Waals surface area contributed by atoms with E-state index >= 15 is 0 Å². The first kappa shape index (κ1) is 24.2. The molecule has 0 fully saturated rings. The number of carbonyl (C=O) groups excluding carboxylic acids is 2. The van der Waals surface area contributed by atoms with Crippen LogP contribution in [0.5, 0.6) is 5.75 Å². The SMILES string of the molecule is CCNC(=O)N(CCOC)CC(=O)N1N=C(c2ccccc2F)CC1c1ccc(OC)cc1. The first-order valence-corrected chi connectivity index (χ1v) is 10.8. The van der Waals surface area contributed by atoms with Gasteiger partial charge in [0.25, 0.3) is 5.91 Å². The van der Waals surface area contributed by atoms with Crippen molar-refractivity contribution in [3.05, 3.63) is 65.5 Å². The van der Waals surface area contributed by atoms with Crippen LogP contribution < -0.4 is 10.1 Å². The molecule has 1 atom stereocenters. The van der Waals surface area contributed by atoms with Gasteiger partial charge in [0.2, 0.25) is 0 Å². The van der Waals surface area contributed by atoms with Crippen molar-refractivity contribution in [2.45, 2.75) is 19.4 Å². The number of hydrogen-bond acceptors (Lipinski definition) is 5. The molecule has 3 rings (SSSR count). The van der Waals surface area contributed by atoms with E-state index < -0.39 is 11.9 Å². The molecule has 3 amide bonds. The zero-order valence-corrected chi connectivity index (χ0v) is 19.1. The zero-order chi connectivity index (χ0) is 23.8. The quantitative estimate of drug-likeness (QED) is 0.628. The van der Waals surface area contributed by atoms with Crippen molar-refractivity contribution in [1.29, 1.82) is 0 Å². The number of halogens is 1. The molecule has 0 saturated carbocycles. The van der Waals surface area contributed by atoms with E-state index in [0.717, 1.165) is 5.56 Å². The van der Waals surface area contributed by atoms with Crippen LogP contribution in [0, 0.1) is 5.82 Å². The first-order valence-electron chi connectivity index (χ1n) is 10.8. The van der Waals surface area contributed by atoms with Gasteiger partial charge in [0.1, 0.15) is 18.1 Å². The molecule has 2 aromatic rings. The Labute approximate surface area is 193 Å². The number of nitrogens with zero attached hydrogens (tertiary/aromatic N) is 3. The Morgan fingerprint density at radius 1 is 1.18 bits per heavy atom. The Kier molecular flexibility index (Phi) is 8.37. The lowest BCUT2D eigenvalue weighted by Crippen LogP contribution is -2.47. The Morgan fingerprint density at radius 2 is 1.91 bits per heavy atom. The van der Waals surface area contributed by atoms with E-state index in [1.165, 1.54) is 23.1 Å². The van der Waals surface area contributed by atoms with E-state index in [9.17, 15) is 14.0 Å². The molecule has 0 radical (unpaired) electrons. The van der Waals surface area contributed by atoms with Crippen LogP contribution >= 0.6 is 0 Å². The Morgan fingerprint density at radius 3 is 2.55 bits per heavy atom. The average Bonchev–Trinajstić information content (AvgIpc) is 3.27. The maximum atomic E-state index is 14.5. The van der Waals surface area contributed by atoms with Gasteiger partial charge >= 0.3 is 6.03 Å². The average molecular weight is 457 g/mol. The van der Waals surface area contributed by atoms with Gasteiger partial charge in [0.05, 0.1) is 25.5 Å². The van der Waals surface area contributed by atoms with Crippen molar-refractivity contribution in [2.24, 2.45) is 5.10 Å². The van der Waals surface area contributed by atoms with Crippen molar-refractivity contribution < 1.29 is 23.5 Å². The van der Waals surface area contributed by atoms with Crippen molar-refractivity contribution in [1.82, 2.24) is 15.2 Å². The summed E-state index contributed by atoms with van der Waals surface area (Å²) in [6, 6.07) is 12.9. The molecule has 0 aliphatic carbocycles. The molecule has 8 nitrogen and oxygen atoms in total. The van der Waals surface area contributed by atoms with Crippen LogP contribution in [-0.2, 0) is 9.53 Å². The second-order valence-corrected chi connectivity index (χ2v) is 7.51. The van der Waals surface area contributed by atoms with Crippen molar-refractivity contribution in [3.8, 4) is 5.75 Å². The van der Waals surface area contributed by atoms with Crippen LogP contribution in [0.2, 0.25) is 0 Å². The molecule has 0 saturated heterocycles. The molecule has 2 aromatic carbocycles. The number of hydrazone groups is 1. The summed E-state index contributed by atoms with van der Waals surface area (Å²) in [7, 11) is 3.11. The van der Waals surface area contributed by atoms with Crippen molar-refractivity contribution in [2.75, 3.05) is 40.5 Å². The normalized spacial score (nSPS) is 15.2. The van der Waals surface area contributed by atoms with Crippen LogP contribution in [-0.4, -0.2) is 68.0 Å². The highest BCUT2D eigenvalue weighted by Crippen LogP contribution is 2.34. The van der Waals surface area contributed by atoms with Crippen LogP contribution in [0.15, 0.2) is 53.6 Å². The summed E-state index contributed by atoms with van der Waals surface area (Å²) >= 11 is 0. The Hall–Kier alpha value is -3.46. The van der Waals surface area contributed by atoms with Gasteiger partial charge < -0.3 is 19.7 Å². The largest absolute Gasteiger partial charge is 0.497 e. The maximum Gasteiger partial charge on any atom is 0.317 e. The molecule has 9 heteroatoms. The molecule has 1 heterocycles. The Balaban J connectivity index is 1.90. The van der Waals surface area contributed by atoms with E-state index in [1.807, 2.05) is 12.1 Å². The second kappa shape index (κ2) is 11.4. The third-order valence-electron chi connectivity index (χ3n) is 5.36. The van der Waals surface area contributed by atoms with Crippen LogP contribution in [0.3, 0.4) is 0 Å². The maximum absolute atomic E-state index is 14.5. The van der Waals surface area contributed by atoms with Crippen molar-refractivity contribution in [3.63, 3.8) is 0 Å². The third-order valence-corrected chi connectivity index (χ3v) is 5.36. The lowest BCUT2D eigenvalue weighted by Gasteiger charge is -2.27. The molecule has 33 heavy (non-hydrogen) atoms. The van der Waals surface area contributed by atoms with Crippen LogP contribution in [0.1, 0.15) is 30.5 Å². The highest BCUT2D eigenvalue weighted by molar-refractivity contribution is 6.03. The number of carbonyl (C=O) groups is 2. The second-order valence-electron chi connectivity index (χ2n) is 7.51. The molecular weight excluding hydrogens is 427 g/mol. The lowest BCUT2D eigenvalue weighted by atomic mass is 9.98. The molecule has 0 bridgehead atoms. The standard InChI is InChI=1S/C24H29FN4O4/c1-4-26-24(31)28(13-14-32-2)16-23(30)29-22(17-9-11-18(33-3)12-10-17)15-21(27-29)19-7-5-6-8-20(19)25/h5-12,22H,4,13-16H2,1-3H3,(H,26,31). The van der Waals surface area contributed by atoms with Gasteiger partial charge in [-0.15, -0.1) is 0 Å². The predicted octanol–water partition coefficient (Wildman–Crippen LogP) is 3.19. The fourth-order valence-electron chi connectivity index (χ4n) is 3.64. The minimum atomic E-state index is -0.434. The van der Waals surface area contributed by atoms with Gasteiger partial charge in [0.15, 0.2) is 0 Å². The number of hydrogen-bond donors (Lipinski definition) is 1. The summed E-state index contributed by atoms with van der Waals surface area (Å²) in [6.07, 6.45) is 0.345. The van der Waals surface area contributed by atoms with E-state index in [2.05, 4.69) is 10.4 Å². The number of rotatable bonds is 9. The van der Waals surface area contributed by atoms with E-state index in [-0.39, 0.29) is 31.6 Å². The number of methoxy groups -OCH3 is 2. The number of benzene rings is 2. The summed E-state index contributed by atoms with van der Waals surface area (Å²) < 4.78 is 24.8. The minimum absolute atomic E-state index is 0.185. The third kappa shape index (κ3) is 5.87. The minimum Gasteiger partial charge on any atom is -0.497 e.